The molecule has 0 aliphatic rings. The fourth-order valence-corrected chi connectivity index (χ4v) is 5.14. The van der Waals surface area contributed by atoms with E-state index in [1.165, 1.54) is 6.92 Å². The summed E-state index contributed by atoms with van der Waals surface area (Å²) in [4.78, 5) is 35.3. The number of unbranched alkanes of at least 4 members (excludes halogenated alkanes) is 3. The van der Waals surface area contributed by atoms with E-state index in [1.807, 2.05) is 48.5 Å². The highest BCUT2D eigenvalue weighted by atomic mass is 16.5. The molecule has 10 nitrogen and oxygen atoms in total. The largest absolute Gasteiger partial charge is 0.494 e. The van der Waals surface area contributed by atoms with E-state index in [9.17, 15) is 14.4 Å². The van der Waals surface area contributed by atoms with Crippen LogP contribution in [-0.2, 0) is 20.9 Å². The van der Waals surface area contributed by atoms with E-state index in [4.69, 9.17) is 18.9 Å². The van der Waals surface area contributed by atoms with Crippen molar-refractivity contribution in [2.45, 2.75) is 46.1 Å². The van der Waals surface area contributed by atoms with Gasteiger partial charge >= 0.3 is 17.9 Å². The van der Waals surface area contributed by atoms with E-state index >= 15 is 0 Å². The lowest BCUT2D eigenvalue weighted by Gasteiger charge is -2.12. The Bertz CT molecular complexity index is 2020. The molecule has 52 heavy (non-hydrogen) atoms. The summed E-state index contributed by atoms with van der Waals surface area (Å²) in [6, 6.07) is 33.0. The molecule has 0 atom stereocenters. The van der Waals surface area contributed by atoms with Gasteiger partial charge in [0.15, 0.2) is 0 Å². The van der Waals surface area contributed by atoms with Crippen molar-refractivity contribution in [2.75, 3.05) is 18.5 Å². The van der Waals surface area contributed by atoms with Gasteiger partial charge < -0.3 is 24.3 Å². The number of esters is 3. The van der Waals surface area contributed by atoms with Crippen molar-refractivity contribution in [2.24, 2.45) is 10.2 Å². The van der Waals surface area contributed by atoms with Crippen LogP contribution in [0.15, 0.2) is 132 Å². The van der Waals surface area contributed by atoms with Gasteiger partial charge in [0.25, 0.3) is 0 Å². The third kappa shape index (κ3) is 11.1. The minimum absolute atomic E-state index is 0.350. The Morgan fingerprint density at radius 2 is 1.29 bits per heavy atom. The molecular formula is C42H41N3O7. The minimum Gasteiger partial charge on any atom is -0.494 e. The van der Waals surface area contributed by atoms with Crippen LogP contribution in [0.2, 0.25) is 0 Å². The van der Waals surface area contributed by atoms with Crippen molar-refractivity contribution in [1.29, 1.82) is 0 Å². The molecule has 5 rings (SSSR count). The van der Waals surface area contributed by atoms with Crippen molar-refractivity contribution in [3.63, 3.8) is 0 Å². The summed E-state index contributed by atoms with van der Waals surface area (Å²) in [5.41, 5.74) is 4.15. The van der Waals surface area contributed by atoms with E-state index in [0.717, 1.165) is 53.4 Å². The monoisotopic (exact) mass is 699 g/mol. The first kappa shape index (κ1) is 37.0. The summed E-state index contributed by atoms with van der Waals surface area (Å²) in [7, 11) is 0. The molecule has 0 heterocycles. The van der Waals surface area contributed by atoms with Crippen molar-refractivity contribution >= 4 is 45.7 Å². The number of nitrogens with zero attached hydrogens (tertiary/aromatic N) is 2. The average molecular weight is 700 g/mol. The highest BCUT2D eigenvalue weighted by Crippen LogP contribution is 2.33. The van der Waals surface area contributed by atoms with Crippen LogP contribution in [0.5, 0.6) is 17.2 Å². The molecule has 0 bridgehead atoms. The zero-order valence-corrected chi connectivity index (χ0v) is 29.3. The van der Waals surface area contributed by atoms with E-state index in [-0.39, 0.29) is 11.9 Å². The number of nitrogens with one attached hydrogen (secondary N) is 1. The van der Waals surface area contributed by atoms with Crippen LogP contribution in [0, 0.1) is 0 Å². The van der Waals surface area contributed by atoms with Crippen LogP contribution in [0.3, 0.4) is 0 Å². The predicted molar refractivity (Wildman–Crippen MR) is 201 cm³/mol. The van der Waals surface area contributed by atoms with Crippen LogP contribution >= 0.6 is 0 Å². The van der Waals surface area contributed by atoms with E-state index < -0.39 is 5.97 Å². The lowest BCUT2D eigenvalue weighted by molar-refractivity contribution is -0.139. The number of fused-ring (bicyclic) bond motifs is 1. The first-order valence-corrected chi connectivity index (χ1v) is 17.1. The highest BCUT2D eigenvalue weighted by Gasteiger charge is 2.10. The molecule has 1 N–H and O–H groups in total. The van der Waals surface area contributed by atoms with Gasteiger partial charge in [-0.1, -0.05) is 43.0 Å². The van der Waals surface area contributed by atoms with Crippen molar-refractivity contribution < 1.29 is 33.3 Å². The number of hydrogen-bond acceptors (Lipinski definition) is 10. The Labute approximate surface area is 303 Å². The molecule has 0 aliphatic carbocycles. The number of carbonyl (C=O) groups excluding carboxylic acids is 3. The maximum absolute atomic E-state index is 12.8. The van der Waals surface area contributed by atoms with Crippen LogP contribution in [0.1, 0.15) is 55.5 Å². The fraction of sp³-hybridized carbons (Fsp3) is 0.214. The second-order valence-corrected chi connectivity index (χ2v) is 12.1. The van der Waals surface area contributed by atoms with Crippen LogP contribution < -0.4 is 19.5 Å². The molecule has 0 unspecified atom stereocenters. The number of benzene rings is 5. The Hall–Kier alpha value is -6.29. The Balaban J connectivity index is 1.07. The third-order valence-electron chi connectivity index (χ3n) is 7.87. The number of anilines is 1. The van der Waals surface area contributed by atoms with Gasteiger partial charge in [-0.25, -0.2) is 9.59 Å². The van der Waals surface area contributed by atoms with Gasteiger partial charge in [-0.3, -0.25) is 4.79 Å². The molecular weight excluding hydrogens is 658 g/mol. The lowest BCUT2D eigenvalue weighted by Crippen LogP contribution is -2.08. The number of rotatable bonds is 17. The molecule has 0 spiro atoms. The Morgan fingerprint density at radius 3 is 1.98 bits per heavy atom. The maximum atomic E-state index is 12.8. The minimum atomic E-state index is -0.451. The Kier molecular flexibility index (Phi) is 13.2. The van der Waals surface area contributed by atoms with E-state index in [1.54, 1.807) is 67.6 Å². The van der Waals surface area contributed by atoms with Crippen molar-refractivity contribution in [3.8, 4) is 17.2 Å². The smallest absolute Gasteiger partial charge is 0.343 e. The number of hydrogen-bond donors (Lipinski definition) is 1. The molecule has 0 amide bonds. The molecule has 5 aromatic carbocycles. The molecule has 0 aliphatic heterocycles. The summed E-state index contributed by atoms with van der Waals surface area (Å²) in [5, 5.41) is 14.3. The number of carbonyl (C=O) groups is 3. The first-order valence-electron chi connectivity index (χ1n) is 17.1. The second kappa shape index (κ2) is 18.6. The zero-order chi connectivity index (χ0) is 36.7. The van der Waals surface area contributed by atoms with Gasteiger partial charge in [-0.2, -0.15) is 5.11 Å². The molecule has 0 aromatic heterocycles. The fourth-order valence-electron chi connectivity index (χ4n) is 5.14. The third-order valence-corrected chi connectivity index (χ3v) is 7.87. The Morgan fingerprint density at radius 1 is 0.654 bits per heavy atom. The standard InChI is InChI=1S/C42H41N3O7/c1-29(2)41(47)50-27-9-5-4-8-26-49-34-20-14-32(15-21-34)42(48)52-36-18-12-31(13-19-36)28-43-39-24-25-40(38-11-7-6-10-37(38)39)45-44-33-16-22-35(23-17-33)51-30(3)46/h6-7,10-25,43H,1,4-5,8-9,26-28H2,2-3H3. The average Bonchev–Trinajstić information content (AvgIpc) is 3.15. The molecule has 0 radical (unpaired) electrons. The number of azo groups is 1. The number of ether oxygens (including phenoxy) is 4. The van der Waals surface area contributed by atoms with Gasteiger partial charge in [0.2, 0.25) is 0 Å². The van der Waals surface area contributed by atoms with Crippen molar-refractivity contribution in [1.82, 2.24) is 0 Å². The summed E-state index contributed by atoms with van der Waals surface area (Å²) >= 11 is 0. The van der Waals surface area contributed by atoms with Gasteiger partial charge in [0.05, 0.1) is 30.2 Å². The molecule has 266 valence electrons. The summed E-state index contributed by atoms with van der Waals surface area (Å²) in [6.45, 7) is 8.07. The normalized spacial score (nSPS) is 10.9. The van der Waals surface area contributed by atoms with Gasteiger partial charge in [0, 0.05) is 35.5 Å². The van der Waals surface area contributed by atoms with Gasteiger partial charge in [-0.15, -0.1) is 5.11 Å². The maximum Gasteiger partial charge on any atom is 0.343 e. The van der Waals surface area contributed by atoms with Gasteiger partial charge in [-0.05, 0) is 111 Å². The summed E-state index contributed by atoms with van der Waals surface area (Å²) in [5.74, 6) is 0.403. The summed E-state index contributed by atoms with van der Waals surface area (Å²) in [6.07, 6.45) is 3.58. The molecule has 0 saturated carbocycles. The van der Waals surface area contributed by atoms with Crippen LogP contribution in [0.25, 0.3) is 10.8 Å². The lowest BCUT2D eigenvalue weighted by atomic mass is 10.1. The highest BCUT2D eigenvalue weighted by molar-refractivity contribution is 6.00. The van der Waals surface area contributed by atoms with Crippen molar-refractivity contribution in [3.05, 3.63) is 132 Å². The second-order valence-electron chi connectivity index (χ2n) is 12.1. The van der Waals surface area contributed by atoms with E-state index in [2.05, 4.69) is 22.1 Å². The molecule has 0 saturated heterocycles. The summed E-state index contributed by atoms with van der Waals surface area (Å²) < 4.78 is 21.6. The zero-order valence-electron chi connectivity index (χ0n) is 29.3. The SMILES string of the molecule is C=C(C)C(=O)OCCCCCCOc1ccc(C(=O)Oc2ccc(CNc3ccc(N=Nc4ccc(OC(C)=O)cc4)c4ccccc34)cc2)cc1. The quantitative estimate of drug-likeness (QED) is 0.0334. The first-order chi connectivity index (χ1) is 25.2. The molecule has 0 fully saturated rings. The van der Waals surface area contributed by atoms with Crippen LogP contribution in [-0.4, -0.2) is 31.1 Å². The topological polar surface area (TPSA) is 125 Å². The van der Waals surface area contributed by atoms with Crippen LogP contribution in [0.4, 0.5) is 17.1 Å². The van der Waals surface area contributed by atoms with E-state index in [0.29, 0.717) is 53.8 Å². The van der Waals surface area contributed by atoms with Gasteiger partial charge in [0.1, 0.15) is 17.2 Å². The predicted octanol–water partition coefficient (Wildman–Crippen LogP) is 10.1. The molecule has 10 heteroatoms. The molecule has 5 aromatic rings.